The van der Waals surface area contributed by atoms with Crippen LogP contribution in [0.5, 0.6) is 0 Å². The first-order valence-corrected chi connectivity index (χ1v) is 14.1. The number of fused-ring (bicyclic) bond motifs is 1. The van der Waals surface area contributed by atoms with Gasteiger partial charge in [-0.25, -0.2) is 21.6 Å². The molecular weight excluding hydrogens is 506 g/mol. The summed E-state index contributed by atoms with van der Waals surface area (Å²) in [6.07, 6.45) is -1.84. The van der Waals surface area contributed by atoms with E-state index in [1.807, 2.05) is 20.8 Å². The Morgan fingerprint density at radius 2 is 1.64 bits per heavy atom. The smallest absolute Gasteiger partial charge is 0.450 e. The monoisotopic (exact) mass is 533 g/mol. The first-order valence-electron chi connectivity index (χ1n) is 11.2. The Morgan fingerprint density at radius 1 is 0.972 bits per heavy atom. The first-order chi connectivity index (χ1) is 16.8. The zero-order valence-electron chi connectivity index (χ0n) is 20.0. The van der Waals surface area contributed by atoms with Crippen LogP contribution in [0.1, 0.15) is 26.3 Å². The normalized spacial score (nSPS) is 18.2. The van der Waals surface area contributed by atoms with Gasteiger partial charge in [-0.05, 0) is 35.2 Å². The van der Waals surface area contributed by atoms with Crippen LogP contribution in [0, 0.1) is 0 Å². The third-order valence-corrected chi connectivity index (χ3v) is 9.83. The summed E-state index contributed by atoms with van der Waals surface area (Å²) in [5.41, 5.74) is 1.01. The van der Waals surface area contributed by atoms with E-state index in [0.717, 1.165) is 14.2 Å². The van der Waals surface area contributed by atoms with E-state index in [2.05, 4.69) is 4.98 Å². The lowest BCUT2D eigenvalue weighted by atomic mass is 9.87. The molecule has 1 fully saturated rings. The number of nitrogens with zero attached hydrogens (tertiary/aromatic N) is 3. The van der Waals surface area contributed by atoms with Gasteiger partial charge in [-0.15, -0.1) is 0 Å². The number of hydrogen-bond donors (Lipinski definition) is 1. The molecule has 0 unspecified atom stereocenters. The number of benzene rings is 2. The minimum Gasteiger partial charge on any atom is -0.450 e. The van der Waals surface area contributed by atoms with Gasteiger partial charge >= 0.3 is 6.16 Å². The molecule has 1 aliphatic rings. The van der Waals surface area contributed by atoms with Crippen LogP contribution in [-0.4, -0.2) is 67.6 Å². The van der Waals surface area contributed by atoms with Crippen molar-refractivity contribution in [1.82, 2.24) is 13.6 Å². The van der Waals surface area contributed by atoms with Crippen LogP contribution in [0.3, 0.4) is 0 Å². The summed E-state index contributed by atoms with van der Waals surface area (Å²) >= 11 is 0. The predicted molar refractivity (Wildman–Crippen MR) is 132 cm³/mol. The largest absolute Gasteiger partial charge is 0.507 e. The van der Waals surface area contributed by atoms with Crippen molar-refractivity contribution in [1.29, 1.82) is 0 Å². The highest BCUT2D eigenvalue weighted by molar-refractivity contribution is 7.89. The van der Waals surface area contributed by atoms with Crippen molar-refractivity contribution >= 4 is 37.1 Å². The number of carboxylic acid groups (broad SMARTS) is 1. The summed E-state index contributed by atoms with van der Waals surface area (Å²) in [6, 6.07) is 14.5. The second-order valence-electron chi connectivity index (χ2n) is 9.42. The molecule has 0 amide bonds. The van der Waals surface area contributed by atoms with Crippen LogP contribution in [0.25, 0.3) is 10.9 Å². The molecule has 2 aromatic carbocycles. The molecule has 192 valence electrons. The molecule has 10 nitrogen and oxygen atoms in total. The molecule has 4 rings (SSSR count). The van der Waals surface area contributed by atoms with Gasteiger partial charge in [0.1, 0.15) is 4.90 Å². The Hall–Kier alpha value is -3.06. The number of pyridine rings is 1. The fraction of sp³-hybridized carbons (Fsp3) is 0.333. The summed E-state index contributed by atoms with van der Waals surface area (Å²) in [4.78, 5) is 15.5. The van der Waals surface area contributed by atoms with Crippen molar-refractivity contribution in [2.45, 2.75) is 42.2 Å². The summed E-state index contributed by atoms with van der Waals surface area (Å²) in [5.74, 6) is 0. The summed E-state index contributed by atoms with van der Waals surface area (Å²) in [7, 11) is -8.31. The molecule has 1 atom stereocenters. The summed E-state index contributed by atoms with van der Waals surface area (Å²) in [6.45, 7) is 5.05. The number of carbonyl (C=O) groups is 1. The number of hydrogen-bond acceptors (Lipinski definition) is 7. The van der Waals surface area contributed by atoms with E-state index >= 15 is 0 Å². The van der Waals surface area contributed by atoms with Crippen molar-refractivity contribution in [3.8, 4) is 0 Å². The van der Waals surface area contributed by atoms with Crippen LogP contribution in [0.4, 0.5) is 4.79 Å². The molecule has 3 aromatic rings. The lowest BCUT2D eigenvalue weighted by Crippen LogP contribution is -2.57. The van der Waals surface area contributed by atoms with Crippen molar-refractivity contribution in [3.05, 3.63) is 66.4 Å². The van der Waals surface area contributed by atoms with Crippen molar-refractivity contribution < 1.29 is 31.5 Å². The fourth-order valence-corrected chi connectivity index (χ4v) is 7.19. The number of para-hydroxylation sites is 1. The molecule has 1 N–H and O–H groups in total. The van der Waals surface area contributed by atoms with E-state index < -0.39 is 39.0 Å². The molecule has 0 bridgehead atoms. The van der Waals surface area contributed by atoms with Crippen LogP contribution in [0.2, 0.25) is 0 Å². The van der Waals surface area contributed by atoms with Crippen LogP contribution >= 0.6 is 0 Å². The number of rotatable bonds is 5. The molecule has 12 heteroatoms. The molecular formula is C24H27N3O7S2. The molecule has 36 heavy (non-hydrogen) atoms. The lowest BCUT2D eigenvalue weighted by Gasteiger charge is -2.38. The van der Waals surface area contributed by atoms with E-state index in [0.29, 0.717) is 5.39 Å². The number of aromatic nitrogens is 1. The zero-order chi connectivity index (χ0) is 26.3. The van der Waals surface area contributed by atoms with Crippen LogP contribution in [-0.2, 0) is 30.2 Å². The fourth-order valence-electron chi connectivity index (χ4n) is 4.10. The van der Waals surface area contributed by atoms with Crippen LogP contribution in [0.15, 0.2) is 70.6 Å². The van der Waals surface area contributed by atoms with Gasteiger partial charge in [0.15, 0.2) is 6.23 Å². The molecule has 2 heterocycles. The van der Waals surface area contributed by atoms with Gasteiger partial charge in [0.2, 0.25) is 20.0 Å². The van der Waals surface area contributed by atoms with Gasteiger partial charge in [0, 0.05) is 24.7 Å². The van der Waals surface area contributed by atoms with Gasteiger partial charge in [-0.2, -0.15) is 8.61 Å². The average molecular weight is 534 g/mol. The van der Waals surface area contributed by atoms with E-state index in [1.165, 1.54) is 24.4 Å². The van der Waals surface area contributed by atoms with Crippen LogP contribution < -0.4 is 0 Å². The van der Waals surface area contributed by atoms with E-state index in [4.69, 9.17) is 4.74 Å². The summed E-state index contributed by atoms with van der Waals surface area (Å²) in [5, 5.41) is 9.87. The molecule has 0 spiro atoms. The Balaban J connectivity index is 1.67. The van der Waals surface area contributed by atoms with E-state index in [-0.39, 0.29) is 33.8 Å². The van der Waals surface area contributed by atoms with Gasteiger partial charge in [-0.3, -0.25) is 4.98 Å². The zero-order valence-corrected chi connectivity index (χ0v) is 21.7. The number of sulfonamides is 2. The second-order valence-corrected chi connectivity index (χ2v) is 13.2. The molecule has 1 aromatic heterocycles. The predicted octanol–water partition coefficient (Wildman–Crippen LogP) is 3.25. The Kier molecular flexibility index (Phi) is 6.82. The standard InChI is InChI=1S/C24H27N3O7S2/c1-24(2,3)18-9-11-19(12-10-18)35(30,31)26-14-15-27(21(16-26)34-23(28)29)36(32,33)20-8-4-6-17-7-5-13-25-22(17)20/h4-13,21H,14-16H2,1-3H3,(H,28,29)/t21-/m0/s1. The maximum atomic E-state index is 13.6. The Bertz CT molecular complexity index is 1490. The minimum atomic E-state index is -4.28. The highest BCUT2D eigenvalue weighted by atomic mass is 32.2. The van der Waals surface area contributed by atoms with E-state index in [9.17, 15) is 26.7 Å². The maximum absolute atomic E-state index is 13.6. The molecule has 0 aliphatic carbocycles. The highest BCUT2D eigenvalue weighted by Crippen LogP contribution is 2.30. The first kappa shape index (κ1) is 26.0. The number of ether oxygens (including phenoxy) is 1. The molecule has 1 aliphatic heterocycles. The molecule has 0 saturated carbocycles. The minimum absolute atomic E-state index is 0.0270. The lowest BCUT2D eigenvalue weighted by molar-refractivity contribution is -0.0246. The van der Waals surface area contributed by atoms with Gasteiger partial charge in [-0.1, -0.05) is 51.1 Å². The maximum Gasteiger partial charge on any atom is 0.507 e. The molecule has 1 saturated heterocycles. The van der Waals surface area contributed by atoms with Crippen molar-refractivity contribution in [2.75, 3.05) is 19.6 Å². The van der Waals surface area contributed by atoms with Gasteiger partial charge in [0.05, 0.1) is 17.0 Å². The van der Waals surface area contributed by atoms with Crippen molar-refractivity contribution in [2.24, 2.45) is 0 Å². The Morgan fingerprint density at radius 3 is 2.28 bits per heavy atom. The molecule has 0 radical (unpaired) electrons. The second kappa shape index (κ2) is 9.43. The van der Waals surface area contributed by atoms with E-state index in [1.54, 1.807) is 36.4 Å². The SMILES string of the molecule is CC(C)(C)c1ccc(S(=O)(=O)N2CCN(S(=O)(=O)c3cccc4cccnc34)[C@@H](OC(=O)O)C2)cc1. The highest BCUT2D eigenvalue weighted by Gasteiger charge is 2.43. The third kappa shape index (κ3) is 4.94. The topological polar surface area (TPSA) is 134 Å². The Labute approximate surface area is 210 Å². The third-order valence-electron chi connectivity index (χ3n) is 6.03. The number of piperazine rings is 1. The quantitative estimate of drug-likeness (QED) is 0.494. The summed E-state index contributed by atoms with van der Waals surface area (Å²) < 4.78 is 60.6. The van der Waals surface area contributed by atoms with Gasteiger partial charge < -0.3 is 9.84 Å². The van der Waals surface area contributed by atoms with Gasteiger partial charge in [0.25, 0.3) is 0 Å². The average Bonchev–Trinajstić information content (AvgIpc) is 2.82. The van der Waals surface area contributed by atoms with Crippen molar-refractivity contribution in [3.63, 3.8) is 0 Å².